The van der Waals surface area contributed by atoms with Gasteiger partial charge in [0.1, 0.15) is 12.0 Å². The minimum absolute atomic E-state index is 0.0595. The summed E-state index contributed by atoms with van der Waals surface area (Å²) in [6.45, 7) is 0.383. The standard InChI is InChI=1S/C20H26F2N2O3/c1-27-19(25)6-4-2-3-5-17-14(7-12-18(17)22)13-23-20(26)24-16-10-8-15(21)9-11-16/h2-3,8-11,14,17-18H,4-7,12-13H2,1H3,(H2,23,24,26)/b3-2-/t14-,17-,18-/m1/s1. The number of alkyl halides is 1. The molecule has 1 saturated carbocycles. The van der Waals surface area contributed by atoms with Gasteiger partial charge >= 0.3 is 12.0 Å². The summed E-state index contributed by atoms with van der Waals surface area (Å²) >= 11 is 0. The third kappa shape index (κ3) is 7.00. The van der Waals surface area contributed by atoms with E-state index in [1.807, 2.05) is 12.2 Å². The molecule has 0 spiro atoms. The van der Waals surface area contributed by atoms with Crippen molar-refractivity contribution in [3.63, 3.8) is 0 Å². The third-order valence-corrected chi connectivity index (χ3v) is 4.83. The van der Waals surface area contributed by atoms with Gasteiger partial charge in [0.25, 0.3) is 0 Å². The second-order valence-electron chi connectivity index (χ2n) is 6.68. The second-order valence-corrected chi connectivity index (χ2v) is 6.68. The Labute approximate surface area is 158 Å². The lowest BCUT2D eigenvalue weighted by Crippen LogP contribution is -2.35. The van der Waals surface area contributed by atoms with Crippen LogP contribution in [0, 0.1) is 17.7 Å². The van der Waals surface area contributed by atoms with Gasteiger partial charge < -0.3 is 15.4 Å². The van der Waals surface area contributed by atoms with Gasteiger partial charge in [-0.15, -0.1) is 0 Å². The largest absolute Gasteiger partial charge is 0.469 e. The Bertz CT molecular complexity index is 649. The Morgan fingerprint density at radius 3 is 2.67 bits per heavy atom. The average Bonchev–Trinajstić information content (AvgIpc) is 3.01. The van der Waals surface area contributed by atoms with Crippen molar-refractivity contribution in [3.05, 3.63) is 42.2 Å². The number of esters is 1. The Morgan fingerprint density at radius 2 is 1.96 bits per heavy atom. The van der Waals surface area contributed by atoms with Gasteiger partial charge in [-0.3, -0.25) is 4.79 Å². The van der Waals surface area contributed by atoms with Crippen LogP contribution in [0.4, 0.5) is 19.3 Å². The van der Waals surface area contributed by atoms with Crippen LogP contribution < -0.4 is 10.6 Å². The summed E-state index contributed by atoms with van der Waals surface area (Å²) in [4.78, 5) is 23.0. The van der Waals surface area contributed by atoms with Crippen molar-refractivity contribution in [1.82, 2.24) is 5.32 Å². The lowest BCUT2D eigenvalue weighted by Gasteiger charge is -2.20. The molecule has 0 saturated heterocycles. The first-order valence-corrected chi connectivity index (χ1v) is 9.16. The number of benzene rings is 1. The highest BCUT2D eigenvalue weighted by molar-refractivity contribution is 5.89. The smallest absolute Gasteiger partial charge is 0.319 e. The number of halogens is 2. The Balaban J connectivity index is 1.75. The van der Waals surface area contributed by atoms with Gasteiger partial charge in [-0.2, -0.15) is 0 Å². The van der Waals surface area contributed by atoms with Crippen LogP contribution in [0.15, 0.2) is 36.4 Å². The quantitative estimate of drug-likeness (QED) is 0.524. The van der Waals surface area contributed by atoms with Crippen molar-refractivity contribution in [2.45, 2.75) is 38.3 Å². The SMILES string of the molecule is COC(=O)CC/C=C\C[C@@H]1[C@@H](CNC(=O)Nc2ccc(F)cc2)CC[C@H]1F. The highest BCUT2D eigenvalue weighted by Gasteiger charge is 2.35. The Morgan fingerprint density at radius 1 is 1.22 bits per heavy atom. The summed E-state index contributed by atoms with van der Waals surface area (Å²) in [5, 5.41) is 5.39. The molecule has 0 unspecified atom stereocenters. The molecule has 0 radical (unpaired) electrons. The fraction of sp³-hybridized carbons (Fsp3) is 0.500. The van der Waals surface area contributed by atoms with E-state index in [1.165, 1.54) is 31.4 Å². The summed E-state index contributed by atoms with van der Waals surface area (Å²) in [5.74, 6) is -0.726. The maximum atomic E-state index is 14.2. The molecule has 1 aliphatic carbocycles. The molecule has 148 valence electrons. The van der Waals surface area contributed by atoms with Gasteiger partial charge in [0.2, 0.25) is 0 Å². The normalized spacial score (nSPS) is 22.0. The van der Waals surface area contributed by atoms with Crippen molar-refractivity contribution < 1.29 is 23.1 Å². The topological polar surface area (TPSA) is 67.4 Å². The first-order valence-electron chi connectivity index (χ1n) is 9.16. The Kier molecular flexibility index (Phi) is 8.23. The molecule has 1 aromatic rings. The van der Waals surface area contributed by atoms with Crippen LogP contribution in [0.2, 0.25) is 0 Å². The van der Waals surface area contributed by atoms with E-state index in [9.17, 15) is 18.4 Å². The Hall–Kier alpha value is -2.44. The first-order chi connectivity index (χ1) is 13.0. The molecular weight excluding hydrogens is 354 g/mol. The third-order valence-electron chi connectivity index (χ3n) is 4.83. The van der Waals surface area contributed by atoms with Crippen molar-refractivity contribution in [2.24, 2.45) is 11.8 Å². The number of urea groups is 1. The molecule has 0 heterocycles. The molecular formula is C20H26F2N2O3. The monoisotopic (exact) mass is 380 g/mol. The van der Waals surface area contributed by atoms with E-state index in [1.54, 1.807) is 0 Å². The van der Waals surface area contributed by atoms with Crippen LogP contribution in [0.1, 0.15) is 32.1 Å². The van der Waals surface area contributed by atoms with E-state index in [0.717, 1.165) is 6.42 Å². The fourth-order valence-corrected chi connectivity index (χ4v) is 3.30. The number of anilines is 1. The molecule has 2 amide bonds. The van der Waals surface area contributed by atoms with E-state index in [0.29, 0.717) is 37.9 Å². The van der Waals surface area contributed by atoms with Gasteiger partial charge in [-0.05, 0) is 61.8 Å². The highest BCUT2D eigenvalue weighted by atomic mass is 19.1. The molecule has 3 atom stereocenters. The van der Waals surface area contributed by atoms with Crippen molar-refractivity contribution in [2.75, 3.05) is 19.0 Å². The molecule has 27 heavy (non-hydrogen) atoms. The molecule has 7 heteroatoms. The first kappa shape index (κ1) is 20.9. The molecule has 0 bridgehead atoms. The number of rotatable bonds is 8. The summed E-state index contributed by atoms with van der Waals surface area (Å²) in [6.07, 6.45) is 5.55. The fourth-order valence-electron chi connectivity index (χ4n) is 3.30. The predicted octanol–water partition coefficient (Wildman–Crippen LogP) is 4.21. The van der Waals surface area contributed by atoms with Gasteiger partial charge in [0.15, 0.2) is 0 Å². The summed E-state index contributed by atoms with van der Waals surface area (Å²) in [6, 6.07) is 5.09. The van der Waals surface area contributed by atoms with Crippen LogP contribution in [0.3, 0.4) is 0 Å². The van der Waals surface area contributed by atoms with Gasteiger partial charge in [0.05, 0.1) is 7.11 Å². The number of methoxy groups -OCH3 is 1. The van der Waals surface area contributed by atoms with E-state index in [-0.39, 0.29) is 23.6 Å². The number of allylic oxidation sites excluding steroid dienone is 2. The van der Waals surface area contributed by atoms with E-state index < -0.39 is 12.2 Å². The lowest BCUT2D eigenvalue weighted by molar-refractivity contribution is -0.140. The number of carbonyl (C=O) groups is 2. The zero-order valence-corrected chi connectivity index (χ0v) is 15.4. The molecule has 0 aliphatic heterocycles. The summed E-state index contributed by atoms with van der Waals surface area (Å²) in [5.41, 5.74) is 0.494. The van der Waals surface area contributed by atoms with Gasteiger partial charge in [-0.1, -0.05) is 12.2 Å². The highest BCUT2D eigenvalue weighted by Crippen LogP contribution is 2.36. The molecule has 5 nitrogen and oxygen atoms in total. The van der Waals surface area contributed by atoms with Crippen molar-refractivity contribution in [3.8, 4) is 0 Å². The zero-order chi connectivity index (χ0) is 19.6. The van der Waals surface area contributed by atoms with Gasteiger partial charge in [-0.25, -0.2) is 13.6 Å². The molecule has 1 aliphatic rings. The van der Waals surface area contributed by atoms with Crippen LogP contribution in [-0.4, -0.2) is 31.8 Å². The molecule has 0 aromatic heterocycles. The summed E-state index contributed by atoms with van der Waals surface area (Å²) < 4.78 is 31.6. The number of carbonyl (C=O) groups excluding carboxylic acids is 2. The maximum Gasteiger partial charge on any atom is 0.319 e. The zero-order valence-electron chi connectivity index (χ0n) is 15.4. The minimum atomic E-state index is -0.887. The number of amides is 2. The average molecular weight is 380 g/mol. The van der Waals surface area contributed by atoms with Crippen LogP contribution in [-0.2, 0) is 9.53 Å². The molecule has 2 N–H and O–H groups in total. The molecule has 2 rings (SSSR count). The number of ether oxygens (including phenoxy) is 1. The van der Waals surface area contributed by atoms with Crippen molar-refractivity contribution in [1.29, 1.82) is 0 Å². The number of nitrogens with one attached hydrogen (secondary N) is 2. The van der Waals surface area contributed by atoms with Crippen LogP contribution in [0.25, 0.3) is 0 Å². The maximum absolute atomic E-state index is 14.2. The molecule has 1 aromatic carbocycles. The van der Waals surface area contributed by atoms with Gasteiger partial charge in [0, 0.05) is 18.7 Å². The van der Waals surface area contributed by atoms with Crippen molar-refractivity contribution >= 4 is 17.7 Å². The number of hydrogen-bond acceptors (Lipinski definition) is 3. The predicted molar refractivity (Wildman–Crippen MR) is 99.5 cm³/mol. The lowest BCUT2D eigenvalue weighted by atomic mass is 9.91. The molecule has 1 fully saturated rings. The van der Waals surface area contributed by atoms with Crippen LogP contribution >= 0.6 is 0 Å². The van der Waals surface area contributed by atoms with E-state index >= 15 is 0 Å². The van der Waals surface area contributed by atoms with E-state index in [4.69, 9.17) is 0 Å². The van der Waals surface area contributed by atoms with Crippen LogP contribution in [0.5, 0.6) is 0 Å². The van der Waals surface area contributed by atoms with E-state index in [2.05, 4.69) is 15.4 Å². The second kappa shape index (κ2) is 10.6. The summed E-state index contributed by atoms with van der Waals surface area (Å²) in [7, 11) is 1.35. The minimum Gasteiger partial charge on any atom is -0.469 e. The number of hydrogen-bond donors (Lipinski definition) is 2.